The molecule has 0 aliphatic carbocycles. The lowest BCUT2D eigenvalue weighted by Crippen LogP contribution is -2.27. The molecular weight excluding hydrogens is 323 g/mol. The Balaban J connectivity index is 2.02. The van der Waals surface area contributed by atoms with Crippen LogP contribution in [0, 0.1) is 0 Å². The average molecular weight is 335 g/mol. The van der Waals surface area contributed by atoms with E-state index in [4.69, 9.17) is 0 Å². The average Bonchev–Trinajstić information content (AvgIpc) is 2.83. The van der Waals surface area contributed by atoms with Gasteiger partial charge in [-0.25, -0.2) is 18.1 Å². The van der Waals surface area contributed by atoms with Gasteiger partial charge in [-0.3, -0.25) is 9.67 Å². The summed E-state index contributed by atoms with van der Waals surface area (Å²) in [5.41, 5.74) is -1.15. The molecule has 11 heteroatoms. The summed E-state index contributed by atoms with van der Waals surface area (Å²) in [5, 5.41) is 3.83. The lowest BCUT2D eigenvalue weighted by atomic mass is 10.3. The molecule has 0 aromatic carbocycles. The number of aryl methyl sites for hydroxylation is 1. The Kier molecular flexibility index (Phi) is 4.47. The van der Waals surface area contributed by atoms with Crippen molar-refractivity contribution in [2.24, 2.45) is 7.05 Å². The van der Waals surface area contributed by atoms with Gasteiger partial charge in [-0.1, -0.05) is 0 Å². The van der Waals surface area contributed by atoms with E-state index >= 15 is 0 Å². The van der Waals surface area contributed by atoms with E-state index in [0.717, 1.165) is 6.07 Å². The van der Waals surface area contributed by atoms with Gasteiger partial charge in [-0.15, -0.1) is 0 Å². The van der Waals surface area contributed by atoms with Gasteiger partial charge in [0.15, 0.2) is 0 Å². The number of hydrogen-bond acceptors (Lipinski definition) is 5. The molecule has 1 N–H and O–H groups in total. The molecule has 0 unspecified atom stereocenters. The lowest BCUT2D eigenvalue weighted by molar-refractivity contribution is -0.141. The second kappa shape index (κ2) is 6.01. The molecule has 0 saturated carbocycles. The highest BCUT2D eigenvalue weighted by atomic mass is 32.2. The van der Waals surface area contributed by atoms with Crippen molar-refractivity contribution in [1.29, 1.82) is 0 Å². The molecule has 2 heterocycles. The first-order valence-electron chi connectivity index (χ1n) is 6.06. The van der Waals surface area contributed by atoms with E-state index in [-0.39, 0.29) is 11.4 Å². The number of nitrogens with one attached hydrogen (secondary N) is 1. The number of halogens is 3. The van der Waals surface area contributed by atoms with Gasteiger partial charge in [0.05, 0.1) is 0 Å². The van der Waals surface area contributed by atoms with Gasteiger partial charge >= 0.3 is 6.18 Å². The molecule has 120 valence electrons. The highest BCUT2D eigenvalue weighted by Gasteiger charge is 2.32. The van der Waals surface area contributed by atoms with Crippen LogP contribution in [0.5, 0.6) is 0 Å². The Morgan fingerprint density at radius 2 is 2.00 bits per heavy atom. The first-order valence-corrected chi connectivity index (χ1v) is 7.54. The number of alkyl halides is 3. The van der Waals surface area contributed by atoms with Crippen molar-refractivity contribution in [2.45, 2.75) is 17.5 Å². The molecular formula is C11H12F3N5O2S. The fourth-order valence-electron chi connectivity index (χ4n) is 1.63. The maximum atomic E-state index is 12.4. The minimum Gasteiger partial charge on any atom is -0.253 e. The summed E-state index contributed by atoms with van der Waals surface area (Å²) in [6, 6.07) is 1.48. The maximum absolute atomic E-state index is 12.4. The standard InChI is InChI=1S/C11H12F3N5O2S/c1-19-10(16-7-17-19)4-5-18-22(20,21)8-2-3-9(15-6-8)11(12,13)14/h2-3,6-7,18H,4-5H2,1H3. The molecule has 0 aliphatic heterocycles. The van der Waals surface area contributed by atoms with Crippen molar-refractivity contribution in [1.82, 2.24) is 24.5 Å². The minimum atomic E-state index is -4.61. The zero-order valence-electron chi connectivity index (χ0n) is 11.4. The first kappa shape index (κ1) is 16.4. The van der Waals surface area contributed by atoms with Crippen LogP contribution in [0.4, 0.5) is 13.2 Å². The van der Waals surface area contributed by atoms with Crippen LogP contribution in [0.25, 0.3) is 0 Å². The third kappa shape index (κ3) is 3.80. The maximum Gasteiger partial charge on any atom is 0.433 e. The van der Waals surface area contributed by atoms with E-state index in [1.807, 2.05) is 0 Å². The van der Waals surface area contributed by atoms with Crippen LogP contribution >= 0.6 is 0 Å². The molecule has 0 amide bonds. The fourth-order valence-corrected chi connectivity index (χ4v) is 2.61. The third-order valence-corrected chi connectivity index (χ3v) is 4.23. The highest BCUT2D eigenvalue weighted by molar-refractivity contribution is 7.89. The normalized spacial score (nSPS) is 12.5. The molecule has 2 rings (SSSR count). The predicted molar refractivity (Wildman–Crippen MR) is 69.1 cm³/mol. The van der Waals surface area contributed by atoms with E-state index in [0.29, 0.717) is 24.5 Å². The van der Waals surface area contributed by atoms with Crippen LogP contribution in [0.15, 0.2) is 29.6 Å². The second-order valence-corrected chi connectivity index (χ2v) is 6.09. The molecule has 0 spiro atoms. The summed E-state index contributed by atoms with van der Waals surface area (Å²) in [4.78, 5) is 6.71. The fraction of sp³-hybridized carbons (Fsp3) is 0.364. The van der Waals surface area contributed by atoms with Crippen molar-refractivity contribution >= 4 is 10.0 Å². The van der Waals surface area contributed by atoms with Crippen LogP contribution in [0.1, 0.15) is 11.5 Å². The van der Waals surface area contributed by atoms with Crippen molar-refractivity contribution in [3.05, 3.63) is 36.2 Å². The molecule has 7 nitrogen and oxygen atoms in total. The number of hydrogen-bond donors (Lipinski definition) is 1. The summed E-state index contributed by atoms with van der Waals surface area (Å²) in [7, 11) is -2.26. The van der Waals surface area contributed by atoms with Gasteiger partial charge < -0.3 is 0 Å². The Labute approximate surface area is 124 Å². The summed E-state index contributed by atoms with van der Waals surface area (Å²) < 4.78 is 64.7. The van der Waals surface area contributed by atoms with Gasteiger partial charge in [0.2, 0.25) is 10.0 Å². The molecule has 0 saturated heterocycles. The summed E-state index contributed by atoms with van der Waals surface area (Å²) in [5.74, 6) is 0.577. The van der Waals surface area contributed by atoms with Gasteiger partial charge in [-0.2, -0.15) is 18.3 Å². The number of rotatable bonds is 5. The molecule has 2 aromatic heterocycles. The van der Waals surface area contributed by atoms with E-state index in [1.165, 1.54) is 11.0 Å². The Hall–Kier alpha value is -2.01. The topological polar surface area (TPSA) is 89.8 Å². The Morgan fingerprint density at radius 1 is 1.27 bits per heavy atom. The van der Waals surface area contributed by atoms with Crippen LogP contribution in [-0.4, -0.2) is 34.7 Å². The van der Waals surface area contributed by atoms with E-state index in [1.54, 1.807) is 7.05 Å². The Morgan fingerprint density at radius 3 is 2.50 bits per heavy atom. The van der Waals surface area contributed by atoms with Crippen molar-refractivity contribution in [3.8, 4) is 0 Å². The zero-order chi connectivity index (χ0) is 16.4. The molecule has 0 aliphatic rings. The number of aromatic nitrogens is 4. The minimum absolute atomic E-state index is 0.0376. The van der Waals surface area contributed by atoms with Gasteiger partial charge in [0, 0.05) is 26.2 Å². The molecule has 0 atom stereocenters. The van der Waals surface area contributed by atoms with Crippen molar-refractivity contribution in [2.75, 3.05) is 6.54 Å². The summed E-state index contributed by atoms with van der Waals surface area (Å²) in [6.45, 7) is 0.0376. The van der Waals surface area contributed by atoms with Crippen LogP contribution in [0.3, 0.4) is 0 Å². The lowest BCUT2D eigenvalue weighted by Gasteiger charge is -2.08. The molecule has 0 radical (unpaired) electrons. The SMILES string of the molecule is Cn1ncnc1CCNS(=O)(=O)c1ccc(C(F)(F)F)nc1. The number of pyridine rings is 1. The quantitative estimate of drug-likeness (QED) is 0.871. The number of nitrogens with zero attached hydrogens (tertiary/aromatic N) is 4. The van der Waals surface area contributed by atoms with Crippen molar-refractivity contribution < 1.29 is 21.6 Å². The molecule has 0 bridgehead atoms. The highest BCUT2D eigenvalue weighted by Crippen LogP contribution is 2.27. The Bertz CT molecular complexity index is 740. The number of sulfonamides is 1. The largest absolute Gasteiger partial charge is 0.433 e. The van der Waals surface area contributed by atoms with E-state index in [9.17, 15) is 21.6 Å². The smallest absolute Gasteiger partial charge is 0.253 e. The van der Waals surface area contributed by atoms with Crippen LogP contribution in [-0.2, 0) is 29.7 Å². The molecule has 22 heavy (non-hydrogen) atoms. The van der Waals surface area contributed by atoms with E-state index in [2.05, 4.69) is 19.8 Å². The van der Waals surface area contributed by atoms with Crippen molar-refractivity contribution in [3.63, 3.8) is 0 Å². The summed E-state index contributed by atoms with van der Waals surface area (Å²) >= 11 is 0. The van der Waals surface area contributed by atoms with Gasteiger partial charge in [0.25, 0.3) is 0 Å². The monoisotopic (exact) mass is 335 g/mol. The van der Waals surface area contributed by atoms with Crippen LogP contribution < -0.4 is 4.72 Å². The third-order valence-electron chi connectivity index (χ3n) is 2.78. The van der Waals surface area contributed by atoms with E-state index < -0.39 is 21.9 Å². The van der Waals surface area contributed by atoms with Crippen LogP contribution in [0.2, 0.25) is 0 Å². The summed E-state index contributed by atoms with van der Waals surface area (Å²) in [6.07, 6.45) is -2.30. The zero-order valence-corrected chi connectivity index (χ0v) is 12.2. The van der Waals surface area contributed by atoms with Gasteiger partial charge in [0.1, 0.15) is 22.7 Å². The predicted octanol–water partition coefficient (Wildman–Crippen LogP) is 0.750. The molecule has 2 aromatic rings. The second-order valence-electron chi connectivity index (χ2n) is 4.32. The molecule has 0 fully saturated rings. The first-order chi connectivity index (χ1) is 10.2. The van der Waals surface area contributed by atoms with Gasteiger partial charge in [-0.05, 0) is 12.1 Å².